The second-order valence-corrected chi connectivity index (χ2v) is 5.49. The van der Waals surface area contributed by atoms with E-state index in [4.69, 9.17) is 14.2 Å². The Hall–Kier alpha value is -2.95. The van der Waals surface area contributed by atoms with Crippen molar-refractivity contribution in [3.05, 3.63) is 59.7 Å². The third-order valence-electron chi connectivity index (χ3n) is 3.78. The predicted molar refractivity (Wildman–Crippen MR) is 98.0 cm³/mol. The van der Waals surface area contributed by atoms with Gasteiger partial charge >= 0.3 is 0 Å². The number of methoxy groups -OCH3 is 3. The first kappa shape index (κ1) is 18.4. The molecule has 1 amide bonds. The molecule has 0 spiro atoms. The average Bonchev–Trinajstić information content (AvgIpc) is 2.66. The molecule has 0 aromatic heterocycles. The highest BCUT2D eigenvalue weighted by Crippen LogP contribution is 2.27. The normalized spacial score (nSPS) is 10.6. The van der Waals surface area contributed by atoms with E-state index in [-0.39, 0.29) is 5.91 Å². The van der Waals surface area contributed by atoms with Crippen molar-refractivity contribution in [2.75, 3.05) is 28.4 Å². The Kier molecular flexibility index (Phi) is 6.46. The van der Waals surface area contributed by atoms with Gasteiger partial charge in [-0.3, -0.25) is 4.79 Å². The number of hydrogen-bond acceptors (Lipinski definition) is 4. The fourth-order valence-electron chi connectivity index (χ4n) is 2.34. The van der Waals surface area contributed by atoms with E-state index in [9.17, 15) is 4.79 Å². The van der Waals surface area contributed by atoms with Crippen molar-refractivity contribution < 1.29 is 19.0 Å². The molecule has 0 fully saturated rings. The molecule has 0 aliphatic heterocycles. The molecular weight excluding hydrogens is 318 g/mol. The van der Waals surface area contributed by atoms with Crippen LogP contribution < -0.4 is 14.2 Å². The standard InChI is InChI=1S/C20H23NO4/c1-21(14-16-7-11-18(24-3)19(13-16)25-4)20(22)12-8-15-5-9-17(23-2)10-6-15/h5-13H,14H2,1-4H3/b12-8+. The molecule has 0 saturated heterocycles. The summed E-state index contributed by atoms with van der Waals surface area (Å²) >= 11 is 0. The van der Waals surface area contributed by atoms with Crippen molar-refractivity contribution >= 4 is 12.0 Å². The molecule has 0 aliphatic carbocycles. The van der Waals surface area contributed by atoms with Gasteiger partial charge in [0.15, 0.2) is 11.5 Å². The third kappa shape index (κ3) is 5.01. The lowest BCUT2D eigenvalue weighted by molar-refractivity contribution is -0.125. The van der Waals surface area contributed by atoms with Crippen LogP contribution in [0.15, 0.2) is 48.5 Å². The van der Waals surface area contributed by atoms with Crippen molar-refractivity contribution in [2.45, 2.75) is 6.54 Å². The van der Waals surface area contributed by atoms with E-state index in [2.05, 4.69) is 0 Å². The largest absolute Gasteiger partial charge is 0.497 e. The maximum absolute atomic E-state index is 12.3. The molecule has 2 aromatic carbocycles. The number of ether oxygens (including phenoxy) is 3. The fourth-order valence-corrected chi connectivity index (χ4v) is 2.34. The SMILES string of the molecule is COc1ccc(/C=C/C(=O)N(C)Cc2ccc(OC)c(OC)c2)cc1. The van der Waals surface area contributed by atoms with Gasteiger partial charge < -0.3 is 19.1 Å². The molecule has 2 rings (SSSR count). The summed E-state index contributed by atoms with van der Waals surface area (Å²) in [5, 5.41) is 0. The van der Waals surface area contributed by atoms with Crippen LogP contribution in [0.3, 0.4) is 0 Å². The Morgan fingerprint density at radius 2 is 1.64 bits per heavy atom. The highest BCUT2D eigenvalue weighted by atomic mass is 16.5. The summed E-state index contributed by atoms with van der Waals surface area (Å²) in [7, 11) is 6.57. The zero-order chi connectivity index (χ0) is 18.2. The van der Waals surface area contributed by atoms with Crippen LogP contribution in [0.4, 0.5) is 0 Å². The molecule has 0 radical (unpaired) electrons. The number of nitrogens with zero attached hydrogens (tertiary/aromatic N) is 1. The summed E-state index contributed by atoms with van der Waals surface area (Å²) < 4.78 is 15.6. The maximum atomic E-state index is 12.3. The van der Waals surface area contributed by atoms with Crippen LogP contribution in [0, 0.1) is 0 Å². The zero-order valence-electron chi connectivity index (χ0n) is 15.0. The van der Waals surface area contributed by atoms with Gasteiger partial charge in [0.2, 0.25) is 5.91 Å². The van der Waals surface area contributed by atoms with Crippen molar-refractivity contribution in [2.24, 2.45) is 0 Å². The molecule has 5 heteroatoms. The van der Waals surface area contributed by atoms with Crippen LogP contribution in [0.25, 0.3) is 6.08 Å². The number of amides is 1. The first-order chi connectivity index (χ1) is 12.1. The van der Waals surface area contributed by atoms with Gasteiger partial charge in [0, 0.05) is 19.7 Å². The summed E-state index contributed by atoms with van der Waals surface area (Å²) in [6, 6.07) is 13.1. The van der Waals surface area contributed by atoms with E-state index >= 15 is 0 Å². The predicted octanol–water partition coefficient (Wildman–Crippen LogP) is 3.38. The van der Waals surface area contributed by atoms with Gasteiger partial charge in [-0.05, 0) is 41.5 Å². The van der Waals surface area contributed by atoms with Gasteiger partial charge in [-0.1, -0.05) is 18.2 Å². The Morgan fingerprint density at radius 1 is 0.960 bits per heavy atom. The summed E-state index contributed by atoms with van der Waals surface area (Å²) in [6.07, 6.45) is 3.34. The summed E-state index contributed by atoms with van der Waals surface area (Å²) in [5.41, 5.74) is 1.90. The van der Waals surface area contributed by atoms with E-state index in [1.54, 1.807) is 45.4 Å². The number of likely N-dealkylation sites (N-methyl/N-ethyl adjacent to an activating group) is 1. The lowest BCUT2D eigenvalue weighted by Gasteiger charge is -2.16. The first-order valence-corrected chi connectivity index (χ1v) is 7.85. The maximum Gasteiger partial charge on any atom is 0.246 e. The molecule has 0 N–H and O–H groups in total. The molecule has 0 aliphatic rings. The number of carbonyl (C=O) groups is 1. The molecule has 25 heavy (non-hydrogen) atoms. The van der Waals surface area contributed by atoms with Crippen LogP contribution in [0.5, 0.6) is 17.2 Å². The molecular formula is C20H23NO4. The molecule has 0 unspecified atom stereocenters. The lowest BCUT2D eigenvalue weighted by Crippen LogP contribution is -2.24. The highest BCUT2D eigenvalue weighted by molar-refractivity contribution is 5.91. The van der Waals surface area contributed by atoms with Crippen molar-refractivity contribution in [1.82, 2.24) is 4.90 Å². The van der Waals surface area contributed by atoms with Crippen molar-refractivity contribution in [3.63, 3.8) is 0 Å². The summed E-state index contributed by atoms with van der Waals surface area (Å²) in [4.78, 5) is 13.9. The number of benzene rings is 2. The Labute approximate surface area is 148 Å². The van der Waals surface area contributed by atoms with E-state index in [1.807, 2.05) is 42.5 Å². The van der Waals surface area contributed by atoms with E-state index in [0.29, 0.717) is 18.0 Å². The molecule has 2 aromatic rings. The minimum absolute atomic E-state index is 0.0781. The molecule has 5 nitrogen and oxygen atoms in total. The Bertz CT molecular complexity index is 738. The van der Waals surface area contributed by atoms with Gasteiger partial charge in [-0.2, -0.15) is 0 Å². The summed E-state index contributed by atoms with van der Waals surface area (Å²) in [6.45, 7) is 0.478. The zero-order valence-corrected chi connectivity index (χ0v) is 15.0. The van der Waals surface area contributed by atoms with E-state index in [1.165, 1.54) is 0 Å². The first-order valence-electron chi connectivity index (χ1n) is 7.85. The van der Waals surface area contributed by atoms with Crippen LogP contribution in [-0.4, -0.2) is 39.2 Å². The fraction of sp³-hybridized carbons (Fsp3) is 0.250. The average molecular weight is 341 g/mol. The minimum atomic E-state index is -0.0781. The number of hydrogen-bond donors (Lipinski definition) is 0. The monoisotopic (exact) mass is 341 g/mol. The topological polar surface area (TPSA) is 48.0 Å². The van der Waals surface area contributed by atoms with Crippen molar-refractivity contribution in [1.29, 1.82) is 0 Å². The molecule has 0 saturated carbocycles. The second-order valence-electron chi connectivity index (χ2n) is 5.49. The van der Waals surface area contributed by atoms with Crippen LogP contribution >= 0.6 is 0 Å². The van der Waals surface area contributed by atoms with Gasteiger partial charge in [-0.25, -0.2) is 0 Å². The Balaban J connectivity index is 2.00. The number of rotatable bonds is 7. The van der Waals surface area contributed by atoms with Gasteiger partial charge in [0.1, 0.15) is 5.75 Å². The van der Waals surface area contributed by atoms with Gasteiger partial charge in [0.25, 0.3) is 0 Å². The van der Waals surface area contributed by atoms with Gasteiger partial charge in [0.05, 0.1) is 21.3 Å². The number of carbonyl (C=O) groups excluding carboxylic acids is 1. The second kappa shape index (κ2) is 8.78. The minimum Gasteiger partial charge on any atom is -0.497 e. The quantitative estimate of drug-likeness (QED) is 0.725. The molecule has 132 valence electrons. The molecule has 0 atom stereocenters. The molecule has 0 bridgehead atoms. The van der Waals surface area contributed by atoms with Crippen LogP contribution in [0.1, 0.15) is 11.1 Å². The molecule has 0 heterocycles. The smallest absolute Gasteiger partial charge is 0.246 e. The van der Waals surface area contributed by atoms with Crippen LogP contribution in [0.2, 0.25) is 0 Å². The van der Waals surface area contributed by atoms with Gasteiger partial charge in [-0.15, -0.1) is 0 Å². The summed E-state index contributed by atoms with van der Waals surface area (Å²) in [5.74, 6) is 2.02. The van der Waals surface area contributed by atoms with Crippen molar-refractivity contribution in [3.8, 4) is 17.2 Å². The third-order valence-corrected chi connectivity index (χ3v) is 3.78. The van der Waals surface area contributed by atoms with E-state index in [0.717, 1.165) is 16.9 Å². The highest BCUT2D eigenvalue weighted by Gasteiger charge is 2.09. The lowest BCUT2D eigenvalue weighted by atomic mass is 10.1. The van der Waals surface area contributed by atoms with Crippen LogP contribution in [-0.2, 0) is 11.3 Å². The Morgan fingerprint density at radius 3 is 2.24 bits per heavy atom. The van der Waals surface area contributed by atoms with E-state index < -0.39 is 0 Å².